The molecule has 1 heterocycles. The van der Waals surface area contributed by atoms with Gasteiger partial charge in [-0.25, -0.2) is 9.97 Å². The molecule has 2 aromatic carbocycles. The Labute approximate surface area is 146 Å². The second-order valence-corrected chi connectivity index (χ2v) is 6.46. The molecule has 0 fully saturated rings. The van der Waals surface area contributed by atoms with Crippen LogP contribution in [0.4, 0.5) is 0 Å². The van der Waals surface area contributed by atoms with Crippen LogP contribution >= 0.6 is 11.8 Å². The number of hydrogen-bond donors (Lipinski definition) is 0. The van der Waals surface area contributed by atoms with Crippen molar-refractivity contribution >= 4 is 11.8 Å². The maximum absolute atomic E-state index is 9.45. The van der Waals surface area contributed by atoms with Gasteiger partial charge in [-0.1, -0.05) is 48.5 Å². The zero-order chi connectivity index (χ0) is 16.6. The summed E-state index contributed by atoms with van der Waals surface area (Å²) < 4.78 is 0. The molecule has 0 radical (unpaired) electrons. The normalized spacial score (nSPS) is 11.6. The smallest absolute Gasteiger partial charge is 0.192 e. The number of benzene rings is 2. The van der Waals surface area contributed by atoms with Crippen LogP contribution in [0.25, 0.3) is 0 Å². The average molecular weight is 331 g/mol. The van der Waals surface area contributed by atoms with E-state index in [0.29, 0.717) is 5.16 Å². The monoisotopic (exact) mass is 331 g/mol. The van der Waals surface area contributed by atoms with E-state index in [1.54, 1.807) is 12.4 Å². The third kappa shape index (κ3) is 4.43. The predicted octanol–water partition coefficient (Wildman–Crippen LogP) is 4.87. The summed E-state index contributed by atoms with van der Waals surface area (Å²) in [6, 6.07) is 22.6. The lowest BCUT2D eigenvalue weighted by Gasteiger charge is -2.09. The van der Waals surface area contributed by atoms with Crippen molar-refractivity contribution in [2.45, 2.75) is 28.8 Å². The Morgan fingerprint density at radius 2 is 1.54 bits per heavy atom. The molecule has 3 rings (SSSR count). The third-order valence-corrected chi connectivity index (χ3v) is 4.62. The second-order valence-electron chi connectivity index (χ2n) is 5.42. The van der Waals surface area contributed by atoms with Crippen molar-refractivity contribution in [2.75, 3.05) is 0 Å². The maximum Gasteiger partial charge on any atom is 0.192 e. The first-order valence-corrected chi connectivity index (χ1v) is 8.65. The molecule has 1 atom stereocenters. The molecule has 0 saturated carbocycles. The van der Waals surface area contributed by atoms with E-state index in [1.165, 1.54) is 17.3 Å². The molecule has 24 heavy (non-hydrogen) atoms. The Hall–Kier alpha value is -2.64. The SMILES string of the molecule is N#C[C@@H](CCc1ccccc1)c1cnc(Sc2ccccc2)nc1. The Balaban J connectivity index is 1.64. The molecule has 0 aliphatic carbocycles. The first-order valence-electron chi connectivity index (χ1n) is 7.83. The summed E-state index contributed by atoms with van der Waals surface area (Å²) >= 11 is 1.52. The summed E-state index contributed by atoms with van der Waals surface area (Å²) in [6.07, 6.45) is 5.20. The van der Waals surface area contributed by atoms with E-state index in [2.05, 4.69) is 28.2 Å². The Bertz CT molecular complexity index is 796. The number of aryl methyl sites for hydroxylation is 1. The van der Waals surface area contributed by atoms with Crippen molar-refractivity contribution in [1.29, 1.82) is 5.26 Å². The molecule has 118 valence electrons. The minimum Gasteiger partial charge on any atom is -0.230 e. The molecular weight excluding hydrogens is 314 g/mol. The van der Waals surface area contributed by atoms with Gasteiger partial charge in [-0.3, -0.25) is 0 Å². The van der Waals surface area contributed by atoms with Crippen LogP contribution in [0.2, 0.25) is 0 Å². The van der Waals surface area contributed by atoms with Crippen molar-refractivity contribution in [2.24, 2.45) is 0 Å². The predicted molar refractivity (Wildman–Crippen MR) is 95.7 cm³/mol. The molecule has 0 aliphatic heterocycles. The van der Waals surface area contributed by atoms with Crippen molar-refractivity contribution in [3.63, 3.8) is 0 Å². The van der Waals surface area contributed by atoms with E-state index >= 15 is 0 Å². The summed E-state index contributed by atoms with van der Waals surface area (Å²) in [5, 5.41) is 10.2. The molecule has 0 N–H and O–H groups in total. The van der Waals surface area contributed by atoms with Gasteiger partial charge in [0.25, 0.3) is 0 Å². The number of hydrogen-bond acceptors (Lipinski definition) is 4. The number of rotatable bonds is 6. The van der Waals surface area contributed by atoms with Gasteiger partial charge >= 0.3 is 0 Å². The van der Waals surface area contributed by atoms with Gasteiger partial charge in [-0.2, -0.15) is 5.26 Å². The molecule has 0 unspecified atom stereocenters. The topological polar surface area (TPSA) is 49.6 Å². The number of nitriles is 1. The number of nitrogens with zero attached hydrogens (tertiary/aromatic N) is 3. The van der Waals surface area contributed by atoms with Crippen LogP contribution in [0.5, 0.6) is 0 Å². The van der Waals surface area contributed by atoms with Crippen molar-refractivity contribution in [3.05, 3.63) is 84.2 Å². The van der Waals surface area contributed by atoms with Crippen LogP contribution in [-0.2, 0) is 6.42 Å². The van der Waals surface area contributed by atoms with E-state index in [9.17, 15) is 5.26 Å². The van der Waals surface area contributed by atoms with Gasteiger partial charge in [0.2, 0.25) is 0 Å². The van der Waals surface area contributed by atoms with Crippen LogP contribution in [0.15, 0.2) is 83.1 Å². The molecule has 0 saturated heterocycles. The van der Waals surface area contributed by atoms with Crippen molar-refractivity contribution in [1.82, 2.24) is 9.97 Å². The number of aromatic nitrogens is 2. The molecule has 0 aliphatic rings. The van der Waals surface area contributed by atoms with E-state index < -0.39 is 0 Å². The van der Waals surface area contributed by atoms with Gasteiger partial charge in [0, 0.05) is 22.9 Å². The van der Waals surface area contributed by atoms with E-state index in [1.807, 2.05) is 48.5 Å². The van der Waals surface area contributed by atoms with Crippen LogP contribution in [0.1, 0.15) is 23.5 Å². The Morgan fingerprint density at radius 1 is 0.917 bits per heavy atom. The lowest BCUT2D eigenvalue weighted by Crippen LogP contribution is -2.00. The second kappa shape index (κ2) is 8.28. The minimum absolute atomic E-state index is 0.180. The molecule has 0 bridgehead atoms. The highest BCUT2D eigenvalue weighted by Gasteiger charge is 2.12. The fraction of sp³-hybridized carbons (Fsp3) is 0.150. The van der Waals surface area contributed by atoms with Gasteiger partial charge in [-0.05, 0) is 42.3 Å². The Morgan fingerprint density at radius 3 is 2.17 bits per heavy atom. The van der Waals surface area contributed by atoms with E-state index in [0.717, 1.165) is 23.3 Å². The van der Waals surface area contributed by atoms with Crippen molar-refractivity contribution in [3.8, 4) is 6.07 Å². The molecule has 3 aromatic rings. The van der Waals surface area contributed by atoms with Crippen LogP contribution in [-0.4, -0.2) is 9.97 Å². The lowest BCUT2D eigenvalue weighted by molar-refractivity contribution is 0.732. The van der Waals surface area contributed by atoms with Gasteiger partial charge in [0.15, 0.2) is 5.16 Å². The maximum atomic E-state index is 9.45. The van der Waals surface area contributed by atoms with Gasteiger partial charge in [-0.15, -0.1) is 0 Å². The summed E-state index contributed by atoms with van der Waals surface area (Å²) in [5.74, 6) is -0.180. The quantitative estimate of drug-likeness (QED) is 0.605. The van der Waals surface area contributed by atoms with E-state index in [-0.39, 0.29) is 5.92 Å². The van der Waals surface area contributed by atoms with Crippen molar-refractivity contribution < 1.29 is 0 Å². The third-order valence-electron chi connectivity index (χ3n) is 3.72. The summed E-state index contributed by atoms with van der Waals surface area (Å²) in [6.45, 7) is 0. The molecule has 4 heteroatoms. The molecular formula is C20H17N3S. The first kappa shape index (κ1) is 16.2. The molecule has 0 amide bonds. The zero-order valence-electron chi connectivity index (χ0n) is 13.2. The Kier molecular flexibility index (Phi) is 5.60. The van der Waals surface area contributed by atoms with Crippen LogP contribution in [0, 0.1) is 11.3 Å². The molecule has 0 spiro atoms. The minimum atomic E-state index is -0.180. The summed E-state index contributed by atoms with van der Waals surface area (Å²) in [5.41, 5.74) is 2.13. The van der Waals surface area contributed by atoms with Gasteiger partial charge in [0.1, 0.15) is 0 Å². The fourth-order valence-corrected chi connectivity index (χ4v) is 3.13. The molecule has 1 aromatic heterocycles. The first-order chi connectivity index (χ1) is 11.8. The van der Waals surface area contributed by atoms with E-state index in [4.69, 9.17) is 0 Å². The molecule has 3 nitrogen and oxygen atoms in total. The van der Waals surface area contributed by atoms with Gasteiger partial charge < -0.3 is 0 Å². The highest BCUT2D eigenvalue weighted by Crippen LogP contribution is 2.25. The lowest BCUT2D eigenvalue weighted by atomic mass is 9.96. The van der Waals surface area contributed by atoms with Crippen LogP contribution in [0.3, 0.4) is 0 Å². The van der Waals surface area contributed by atoms with Gasteiger partial charge in [0.05, 0.1) is 12.0 Å². The zero-order valence-corrected chi connectivity index (χ0v) is 14.0. The standard InChI is InChI=1S/C20H17N3S/c21-13-17(12-11-16-7-3-1-4-8-16)18-14-22-20(23-15-18)24-19-9-5-2-6-10-19/h1-10,14-15,17H,11-12H2/t17-/m1/s1. The highest BCUT2D eigenvalue weighted by molar-refractivity contribution is 7.99. The van der Waals surface area contributed by atoms with Crippen LogP contribution < -0.4 is 0 Å². The fourth-order valence-electron chi connectivity index (χ4n) is 2.41. The average Bonchev–Trinajstić information content (AvgIpc) is 2.65. The summed E-state index contributed by atoms with van der Waals surface area (Å²) in [4.78, 5) is 9.90. The largest absolute Gasteiger partial charge is 0.230 e. The summed E-state index contributed by atoms with van der Waals surface area (Å²) in [7, 11) is 0. The highest BCUT2D eigenvalue weighted by atomic mass is 32.2.